The van der Waals surface area contributed by atoms with Crippen LogP contribution in [-0.4, -0.2) is 0 Å². The van der Waals surface area contributed by atoms with Crippen molar-refractivity contribution >= 4 is 0 Å². The van der Waals surface area contributed by atoms with Crippen LogP contribution in [0.25, 0.3) is 0 Å². The molecule has 0 bridgehead atoms. The minimum absolute atomic E-state index is 0. The lowest BCUT2D eigenvalue weighted by molar-refractivity contribution is 0.869. The summed E-state index contributed by atoms with van der Waals surface area (Å²) >= 11 is 0. The SMILES string of the molecule is C.C1=C\C=C\CCC/C=C/1. The smallest absolute Gasteiger partial charge is 0.0345 e. The van der Waals surface area contributed by atoms with E-state index in [9.17, 15) is 0 Å². The Morgan fingerprint density at radius 1 is 0.700 bits per heavy atom. The summed E-state index contributed by atoms with van der Waals surface area (Å²) in [4.78, 5) is 0. The first-order valence-corrected chi connectivity index (χ1v) is 3.48. The van der Waals surface area contributed by atoms with Gasteiger partial charge in [0.1, 0.15) is 0 Å². The van der Waals surface area contributed by atoms with Gasteiger partial charge in [-0.15, -0.1) is 0 Å². The standard InChI is InChI=1S/C9H12.CH4/c1-2-4-6-8-9-7-5-3-1;/h1-6H,7-9H2;1H4/b2-1-,5-3+,6-4+;. The van der Waals surface area contributed by atoms with Crippen molar-refractivity contribution in [1.29, 1.82) is 0 Å². The van der Waals surface area contributed by atoms with E-state index in [1.165, 1.54) is 19.3 Å². The molecular formula is C10H16. The molecular weight excluding hydrogens is 120 g/mol. The highest BCUT2D eigenvalue weighted by atomic mass is 13.9. The van der Waals surface area contributed by atoms with Crippen molar-refractivity contribution in [3.63, 3.8) is 0 Å². The molecule has 0 aromatic carbocycles. The van der Waals surface area contributed by atoms with E-state index in [0.29, 0.717) is 0 Å². The van der Waals surface area contributed by atoms with Gasteiger partial charge in [-0.05, 0) is 19.3 Å². The van der Waals surface area contributed by atoms with Crippen LogP contribution in [0.15, 0.2) is 36.5 Å². The van der Waals surface area contributed by atoms with E-state index in [2.05, 4.69) is 36.5 Å². The van der Waals surface area contributed by atoms with Crippen molar-refractivity contribution < 1.29 is 0 Å². The number of hydrogen-bond donors (Lipinski definition) is 0. The van der Waals surface area contributed by atoms with Crippen LogP contribution in [0.5, 0.6) is 0 Å². The highest BCUT2D eigenvalue weighted by Crippen LogP contribution is 2.00. The zero-order valence-electron chi connectivity index (χ0n) is 5.59. The monoisotopic (exact) mass is 136 g/mol. The van der Waals surface area contributed by atoms with Crippen molar-refractivity contribution in [1.82, 2.24) is 0 Å². The summed E-state index contributed by atoms with van der Waals surface area (Å²) in [5, 5.41) is 0. The third-order valence-corrected chi connectivity index (χ3v) is 1.35. The van der Waals surface area contributed by atoms with Gasteiger partial charge in [-0.3, -0.25) is 0 Å². The van der Waals surface area contributed by atoms with Gasteiger partial charge in [0.25, 0.3) is 0 Å². The first kappa shape index (κ1) is 9.22. The van der Waals surface area contributed by atoms with E-state index in [1.54, 1.807) is 0 Å². The third-order valence-electron chi connectivity index (χ3n) is 1.35. The number of allylic oxidation sites excluding steroid dienone is 6. The maximum absolute atomic E-state index is 2.21. The number of rotatable bonds is 0. The molecule has 0 nitrogen and oxygen atoms in total. The van der Waals surface area contributed by atoms with Crippen molar-refractivity contribution in [3.8, 4) is 0 Å². The van der Waals surface area contributed by atoms with Crippen LogP contribution in [-0.2, 0) is 0 Å². The van der Waals surface area contributed by atoms with Crippen molar-refractivity contribution in [2.24, 2.45) is 0 Å². The van der Waals surface area contributed by atoms with Gasteiger partial charge in [0.2, 0.25) is 0 Å². The van der Waals surface area contributed by atoms with Gasteiger partial charge in [0, 0.05) is 0 Å². The van der Waals surface area contributed by atoms with E-state index >= 15 is 0 Å². The average Bonchev–Trinajstić information content (AvgIpc) is 2.00. The fraction of sp³-hybridized carbons (Fsp3) is 0.400. The summed E-state index contributed by atoms with van der Waals surface area (Å²) in [6.45, 7) is 0. The molecule has 0 aromatic rings. The minimum atomic E-state index is 0. The molecule has 0 radical (unpaired) electrons. The second kappa shape index (κ2) is 6.34. The van der Waals surface area contributed by atoms with Crippen LogP contribution in [0.1, 0.15) is 26.7 Å². The van der Waals surface area contributed by atoms with Gasteiger partial charge in [-0.1, -0.05) is 43.9 Å². The van der Waals surface area contributed by atoms with Gasteiger partial charge in [-0.2, -0.15) is 0 Å². The van der Waals surface area contributed by atoms with E-state index in [4.69, 9.17) is 0 Å². The number of hydrogen-bond acceptors (Lipinski definition) is 0. The van der Waals surface area contributed by atoms with Gasteiger partial charge >= 0.3 is 0 Å². The van der Waals surface area contributed by atoms with Gasteiger partial charge in [-0.25, -0.2) is 0 Å². The molecule has 0 unspecified atom stereocenters. The Hall–Kier alpha value is -0.780. The lowest BCUT2D eigenvalue weighted by atomic mass is 10.2. The summed E-state index contributed by atoms with van der Waals surface area (Å²) in [6, 6.07) is 0. The molecule has 1 aliphatic carbocycles. The Bertz CT molecular complexity index is 122. The summed E-state index contributed by atoms with van der Waals surface area (Å²) in [5.41, 5.74) is 0. The minimum Gasteiger partial charge on any atom is -0.0845 e. The molecule has 1 aliphatic rings. The quantitative estimate of drug-likeness (QED) is 0.478. The van der Waals surface area contributed by atoms with E-state index in [-0.39, 0.29) is 7.43 Å². The molecule has 0 atom stereocenters. The predicted octanol–water partition coefficient (Wildman–Crippen LogP) is 3.48. The molecule has 0 N–H and O–H groups in total. The second-order valence-electron chi connectivity index (χ2n) is 2.17. The Balaban J connectivity index is 0.000000810. The van der Waals surface area contributed by atoms with E-state index < -0.39 is 0 Å². The molecule has 0 heterocycles. The van der Waals surface area contributed by atoms with E-state index in [1.807, 2.05) is 0 Å². The van der Waals surface area contributed by atoms with Crippen molar-refractivity contribution in [2.75, 3.05) is 0 Å². The topological polar surface area (TPSA) is 0 Å². The molecule has 0 heteroatoms. The summed E-state index contributed by atoms with van der Waals surface area (Å²) in [6.07, 6.45) is 16.5. The normalized spacial score (nSPS) is 26.4. The molecule has 0 saturated carbocycles. The lowest BCUT2D eigenvalue weighted by Crippen LogP contribution is -1.65. The average molecular weight is 136 g/mol. The first-order valence-electron chi connectivity index (χ1n) is 3.48. The summed E-state index contributed by atoms with van der Waals surface area (Å²) in [5.74, 6) is 0. The zero-order valence-corrected chi connectivity index (χ0v) is 5.59. The van der Waals surface area contributed by atoms with Gasteiger partial charge in [0.15, 0.2) is 0 Å². The van der Waals surface area contributed by atoms with Gasteiger partial charge < -0.3 is 0 Å². The fourth-order valence-corrected chi connectivity index (χ4v) is 0.831. The molecule has 1 rings (SSSR count). The highest BCUT2D eigenvalue weighted by Gasteiger charge is 1.79. The van der Waals surface area contributed by atoms with Crippen LogP contribution < -0.4 is 0 Å². The van der Waals surface area contributed by atoms with E-state index in [0.717, 1.165) is 0 Å². The molecule has 10 heavy (non-hydrogen) atoms. The molecule has 0 spiro atoms. The van der Waals surface area contributed by atoms with Crippen LogP contribution in [0, 0.1) is 0 Å². The molecule has 0 saturated heterocycles. The van der Waals surface area contributed by atoms with Gasteiger partial charge in [0.05, 0.1) is 0 Å². The van der Waals surface area contributed by atoms with Crippen LogP contribution >= 0.6 is 0 Å². The maximum atomic E-state index is 2.21. The lowest BCUT2D eigenvalue weighted by Gasteiger charge is -1.85. The second-order valence-corrected chi connectivity index (χ2v) is 2.17. The van der Waals surface area contributed by atoms with Crippen molar-refractivity contribution in [3.05, 3.63) is 36.5 Å². The Morgan fingerprint density at radius 3 is 1.70 bits per heavy atom. The summed E-state index contributed by atoms with van der Waals surface area (Å²) in [7, 11) is 0. The fourth-order valence-electron chi connectivity index (χ4n) is 0.831. The summed E-state index contributed by atoms with van der Waals surface area (Å²) < 4.78 is 0. The van der Waals surface area contributed by atoms with Crippen LogP contribution in [0.2, 0.25) is 0 Å². The van der Waals surface area contributed by atoms with Crippen molar-refractivity contribution in [2.45, 2.75) is 26.7 Å². The molecule has 0 fully saturated rings. The maximum Gasteiger partial charge on any atom is -0.0345 e. The van der Waals surface area contributed by atoms with Crippen LogP contribution in [0.4, 0.5) is 0 Å². The first-order chi connectivity index (χ1) is 4.50. The molecule has 0 amide bonds. The third kappa shape index (κ3) is 4.13. The Labute approximate surface area is 64.0 Å². The Morgan fingerprint density at radius 2 is 1.20 bits per heavy atom. The largest absolute Gasteiger partial charge is 0.0845 e. The molecule has 56 valence electrons. The van der Waals surface area contributed by atoms with Crippen LogP contribution in [0.3, 0.4) is 0 Å². The predicted molar refractivity (Wildman–Crippen MR) is 48.0 cm³/mol. The highest BCUT2D eigenvalue weighted by molar-refractivity contribution is 5.12. The molecule has 0 aromatic heterocycles. The zero-order chi connectivity index (χ0) is 6.36. The Kier molecular flexibility index (Phi) is 5.85. The molecule has 0 aliphatic heterocycles.